The van der Waals surface area contributed by atoms with Crippen molar-refractivity contribution in [2.45, 2.75) is 13.0 Å². The van der Waals surface area contributed by atoms with Crippen molar-refractivity contribution in [1.29, 1.82) is 0 Å². The smallest absolute Gasteiger partial charge is 0.317 e. The summed E-state index contributed by atoms with van der Waals surface area (Å²) in [4.78, 5) is 13.6. The summed E-state index contributed by atoms with van der Waals surface area (Å²) in [5.74, 6) is 1.73. The number of morpholine rings is 1. The summed E-state index contributed by atoms with van der Waals surface area (Å²) >= 11 is 0. The molecule has 1 aromatic carbocycles. The zero-order valence-corrected chi connectivity index (χ0v) is 13.8. The maximum absolute atomic E-state index is 11.9. The lowest BCUT2D eigenvalue weighted by molar-refractivity contribution is -0.0357. The number of hydrogen-bond donors (Lipinski definition) is 1. The molecule has 1 fully saturated rings. The third kappa shape index (κ3) is 4.41. The van der Waals surface area contributed by atoms with Crippen LogP contribution in [0.15, 0.2) is 18.2 Å². The summed E-state index contributed by atoms with van der Waals surface area (Å²) in [5, 5.41) is 2.80. The van der Waals surface area contributed by atoms with E-state index in [0.717, 1.165) is 0 Å². The van der Waals surface area contributed by atoms with Crippen LogP contribution >= 0.6 is 0 Å². The lowest BCUT2D eigenvalue weighted by Gasteiger charge is -2.32. The van der Waals surface area contributed by atoms with Crippen LogP contribution in [-0.4, -0.2) is 64.1 Å². The van der Waals surface area contributed by atoms with Gasteiger partial charge in [-0.25, -0.2) is 4.79 Å². The molecule has 2 rings (SSSR count). The SMILES string of the molecule is CCNC(=O)N1CCO[C@@H](COc2c(OC)cccc2OC)C1. The highest BCUT2D eigenvalue weighted by Gasteiger charge is 2.25. The standard InChI is InChI=1S/C16H24N2O5/c1-4-17-16(19)18-8-9-22-12(10-18)11-23-15-13(20-2)6-5-7-14(15)21-3/h5-7,12H,4,8-11H2,1-3H3,(H,17,19)/t12-/m1/s1. The summed E-state index contributed by atoms with van der Waals surface area (Å²) in [7, 11) is 3.16. The van der Waals surface area contributed by atoms with Crippen molar-refractivity contribution in [3.8, 4) is 17.2 Å². The van der Waals surface area contributed by atoms with Gasteiger partial charge in [-0.05, 0) is 19.1 Å². The van der Waals surface area contributed by atoms with Crippen LogP contribution in [0.2, 0.25) is 0 Å². The molecule has 0 unspecified atom stereocenters. The number of benzene rings is 1. The Labute approximate surface area is 136 Å². The van der Waals surface area contributed by atoms with Crippen LogP contribution < -0.4 is 19.5 Å². The van der Waals surface area contributed by atoms with Crippen molar-refractivity contribution in [1.82, 2.24) is 10.2 Å². The predicted octanol–water partition coefficient (Wildman–Crippen LogP) is 1.51. The molecule has 1 N–H and O–H groups in total. The number of nitrogens with zero attached hydrogens (tertiary/aromatic N) is 1. The van der Waals surface area contributed by atoms with Crippen LogP contribution in [0.4, 0.5) is 4.79 Å². The Bertz CT molecular complexity index is 501. The van der Waals surface area contributed by atoms with Crippen LogP contribution in [0.1, 0.15) is 6.92 Å². The van der Waals surface area contributed by atoms with Gasteiger partial charge in [-0.15, -0.1) is 0 Å². The molecule has 2 amide bonds. The Morgan fingerprint density at radius 3 is 2.65 bits per heavy atom. The molecule has 0 aromatic heterocycles. The number of amides is 2. The van der Waals surface area contributed by atoms with E-state index in [9.17, 15) is 4.79 Å². The number of para-hydroxylation sites is 1. The first-order valence-corrected chi connectivity index (χ1v) is 7.67. The molecule has 7 nitrogen and oxygen atoms in total. The second-order valence-electron chi connectivity index (χ2n) is 5.08. The minimum absolute atomic E-state index is 0.0735. The van der Waals surface area contributed by atoms with Crippen LogP contribution in [-0.2, 0) is 4.74 Å². The van der Waals surface area contributed by atoms with E-state index >= 15 is 0 Å². The Hall–Kier alpha value is -2.15. The summed E-state index contributed by atoms with van der Waals surface area (Å²) in [6, 6.07) is 5.37. The molecule has 128 valence electrons. The summed E-state index contributed by atoms with van der Waals surface area (Å²) in [6.07, 6.45) is -0.194. The van der Waals surface area contributed by atoms with E-state index < -0.39 is 0 Å². The van der Waals surface area contributed by atoms with Gasteiger partial charge < -0.3 is 29.2 Å². The number of rotatable bonds is 6. The van der Waals surface area contributed by atoms with Gasteiger partial charge in [-0.2, -0.15) is 0 Å². The van der Waals surface area contributed by atoms with Gasteiger partial charge in [-0.3, -0.25) is 0 Å². The minimum atomic E-state index is -0.194. The van der Waals surface area contributed by atoms with Gasteiger partial charge in [-0.1, -0.05) is 6.07 Å². The first kappa shape index (κ1) is 17.2. The van der Waals surface area contributed by atoms with Crippen molar-refractivity contribution in [3.05, 3.63) is 18.2 Å². The predicted molar refractivity (Wildman–Crippen MR) is 85.4 cm³/mol. The highest BCUT2D eigenvalue weighted by Crippen LogP contribution is 2.36. The average Bonchev–Trinajstić information content (AvgIpc) is 2.60. The fourth-order valence-electron chi connectivity index (χ4n) is 2.40. The largest absolute Gasteiger partial charge is 0.493 e. The van der Waals surface area contributed by atoms with Gasteiger partial charge in [0.25, 0.3) is 0 Å². The second kappa shape index (κ2) is 8.47. The molecule has 0 spiro atoms. The molecule has 0 saturated carbocycles. The summed E-state index contributed by atoms with van der Waals surface area (Å²) in [5.41, 5.74) is 0. The minimum Gasteiger partial charge on any atom is -0.493 e. The van der Waals surface area contributed by atoms with E-state index in [4.69, 9.17) is 18.9 Å². The Morgan fingerprint density at radius 2 is 2.04 bits per heavy atom. The topological polar surface area (TPSA) is 69.3 Å². The van der Waals surface area contributed by atoms with Gasteiger partial charge in [0.05, 0.1) is 27.4 Å². The Morgan fingerprint density at radius 1 is 1.35 bits per heavy atom. The molecule has 1 aliphatic heterocycles. The lowest BCUT2D eigenvalue weighted by Crippen LogP contribution is -2.51. The third-order valence-electron chi connectivity index (χ3n) is 3.55. The maximum atomic E-state index is 11.9. The second-order valence-corrected chi connectivity index (χ2v) is 5.08. The van der Waals surface area contributed by atoms with E-state index in [-0.39, 0.29) is 12.1 Å². The van der Waals surface area contributed by atoms with Gasteiger partial charge in [0, 0.05) is 13.1 Å². The normalized spacial score (nSPS) is 17.5. The molecule has 23 heavy (non-hydrogen) atoms. The fourth-order valence-corrected chi connectivity index (χ4v) is 2.40. The molecule has 1 heterocycles. The molecule has 0 radical (unpaired) electrons. The first-order chi connectivity index (χ1) is 11.2. The summed E-state index contributed by atoms with van der Waals surface area (Å²) in [6.45, 7) is 4.38. The lowest BCUT2D eigenvalue weighted by atomic mass is 10.2. The molecule has 1 atom stereocenters. The zero-order valence-electron chi connectivity index (χ0n) is 13.8. The highest BCUT2D eigenvalue weighted by molar-refractivity contribution is 5.74. The molecule has 0 aliphatic carbocycles. The summed E-state index contributed by atoms with van der Waals surface area (Å²) < 4.78 is 22.1. The number of urea groups is 1. The van der Waals surface area contributed by atoms with E-state index in [1.165, 1.54) is 0 Å². The van der Waals surface area contributed by atoms with Crippen molar-refractivity contribution in [3.63, 3.8) is 0 Å². The molecular weight excluding hydrogens is 300 g/mol. The van der Waals surface area contributed by atoms with Gasteiger partial charge in [0.1, 0.15) is 12.7 Å². The quantitative estimate of drug-likeness (QED) is 0.859. The van der Waals surface area contributed by atoms with Gasteiger partial charge in [0.2, 0.25) is 5.75 Å². The van der Waals surface area contributed by atoms with E-state index in [0.29, 0.717) is 50.1 Å². The van der Waals surface area contributed by atoms with Crippen molar-refractivity contribution < 1.29 is 23.7 Å². The van der Waals surface area contributed by atoms with Crippen LogP contribution in [0, 0.1) is 0 Å². The van der Waals surface area contributed by atoms with Gasteiger partial charge in [0.15, 0.2) is 11.5 Å². The van der Waals surface area contributed by atoms with Crippen molar-refractivity contribution in [2.24, 2.45) is 0 Å². The number of methoxy groups -OCH3 is 2. The molecule has 1 saturated heterocycles. The number of nitrogens with one attached hydrogen (secondary N) is 1. The first-order valence-electron chi connectivity index (χ1n) is 7.67. The molecule has 1 aromatic rings. The molecule has 7 heteroatoms. The third-order valence-corrected chi connectivity index (χ3v) is 3.55. The van der Waals surface area contributed by atoms with E-state index in [2.05, 4.69) is 5.32 Å². The number of hydrogen-bond acceptors (Lipinski definition) is 5. The Balaban J connectivity index is 1.97. The van der Waals surface area contributed by atoms with Crippen molar-refractivity contribution in [2.75, 3.05) is 47.1 Å². The number of carbonyl (C=O) groups is 1. The zero-order chi connectivity index (χ0) is 16.7. The molecule has 0 bridgehead atoms. The van der Waals surface area contributed by atoms with E-state index in [1.54, 1.807) is 31.3 Å². The molecule has 1 aliphatic rings. The van der Waals surface area contributed by atoms with Crippen molar-refractivity contribution >= 4 is 6.03 Å². The highest BCUT2D eigenvalue weighted by atomic mass is 16.6. The maximum Gasteiger partial charge on any atom is 0.317 e. The monoisotopic (exact) mass is 324 g/mol. The number of ether oxygens (including phenoxy) is 4. The van der Waals surface area contributed by atoms with Crippen LogP contribution in [0.3, 0.4) is 0 Å². The Kier molecular flexibility index (Phi) is 6.34. The van der Waals surface area contributed by atoms with E-state index in [1.807, 2.05) is 13.0 Å². The molecular formula is C16H24N2O5. The van der Waals surface area contributed by atoms with Crippen LogP contribution in [0.25, 0.3) is 0 Å². The fraction of sp³-hybridized carbons (Fsp3) is 0.562. The average molecular weight is 324 g/mol. The van der Waals surface area contributed by atoms with Gasteiger partial charge >= 0.3 is 6.03 Å². The van der Waals surface area contributed by atoms with Crippen LogP contribution in [0.5, 0.6) is 17.2 Å². The number of carbonyl (C=O) groups excluding carboxylic acids is 1.